The number of rotatable bonds is 9. The molecule has 9 aromatic rings. The Balaban J connectivity index is 0.000000898. The van der Waals surface area contributed by atoms with Crippen LogP contribution in [0, 0.1) is 0 Å². The number of benzene rings is 9. The molecule has 0 aliphatic carbocycles. The van der Waals surface area contributed by atoms with Gasteiger partial charge in [0, 0.05) is 19.5 Å². The second-order valence-electron chi connectivity index (χ2n) is 13.2. The van der Waals surface area contributed by atoms with Crippen LogP contribution in [-0.2, 0) is 32.5 Å². The molecule has 0 saturated carbocycles. The SMILES string of the molecule is [Cl-].[Cl-].[Cl-].[Cl-].[Cl-].[Cl][Rh]([Cl])[Cl].[Rh].c1ccc(P(c2ccccc2)c2ccccc2)cc1.c1ccc(P(c2ccccc2)c2ccccc2)cc1.c1ccc(P(c2ccccc2)c2ccccc2)cc1. The standard InChI is InChI=1S/3C18H15P.8ClH.2Rh/c3*1-4-10-16(11-5-1)19(17-12-6-2-7-13-17)18-14-8-3-9-15-18;;;;;;;;;;/h3*1-15H;8*1H;;/q;;;;;;;;;;;;+3/p-8. The van der Waals surface area contributed by atoms with E-state index in [0.717, 1.165) is 0 Å². The van der Waals surface area contributed by atoms with Gasteiger partial charge in [0.25, 0.3) is 0 Å². The normalized spacial score (nSPS) is 9.67. The van der Waals surface area contributed by atoms with E-state index in [4.69, 9.17) is 29.1 Å². The maximum atomic E-state index is 4.94. The van der Waals surface area contributed by atoms with Crippen LogP contribution in [0.15, 0.2) is 273 Å². The number of hydrogen-bond donors (Lipinski definition) is 0. The number of halogens is 8. The Labute approximate surface area is 463 Å². The topological polar surface area (TPSA) is 0 Å². The first kappa shape index (κ1) is 64.8. The van der Waals surface area contributed by atoms with Gasteiger partial charge in [-0.15, -0.1) is 0 Å². The van der Waals surface area contributed by atoms with Crippen LogP contribution in [0.4, 0.5) is 0 Å². The third-order valence-corrected chi connectivity index (χ3v) is 16.5. The molecule has 9 rings (SSSR count). The van der Waals surface area contributed by atoms with Crippen LogP contribution in [0.1, 0.15) is 0 Å². The van der Waals surface area contributed by atoms with Crippen molar-refractivity contribution in [3.63, 3.8) is 0 Å². The Bertz CT molecular complexity index is 1950. The largest absolute Gasteiger partial charge is 0.0622 e. The van der Waals surface area contributed by atoms with Gasteiger partial charge in [-0.3, -0.25) is 0 Å². The van der Waals surface area contributed by atoms with Crippen molar-refractivity contribution in [2.45, 2.75) is 0 Å². The molecule has 0 atom stereocenters. The van der Waals surface area contributed by atoms with Gasteiger partial charge in [0.2, 0.25) is 0 Å². The van der Waals surface area contributed by atoms with E-state index in [0.29, 0.717) is 0 Å². The van der Waals surface area contributed by atoms with Crippen molar-refractivity contribution < 1.29 is 94.5 Å². The summed E-state index contributed by atoms with van der Waals surface area (Å²) in [5.41, 5.74) is 0. The minimum absolute atomic E-state index is 0. The molecule has 0 aliphatic heterocycles. The zero-order valence-corrected chi connectivity index (χ0v) is 47.5. The molecule has 0 aliphatic rings. The Kier molecular flexibility index (Phi) is 36.4. The first-order valence-electron chi connectivity index (χ1n) is 19.6. The van der Waals surface area contributed by atoms with E-state index in [1.807, 2.05) is 0 Å². The van der Waals surface area contributed by atoms with Gasteiger partial charge in [-0.1, -0.05) is 273 Å². The summed E-state index contributed by atoms with van der Waals surface area (Å²) in [5, 5.41) is 12.6. The van der Waals surface area contributed by atoms with Crippen LogP contribution in [0.5, 0.6) is 0 Å². The van der Waals surface area contributed by atoms with Gasteiger partial charge in [-0.05, 0) is 71.5 Å². The molecule has 1 radical (unpaired) electrons. The molecule has 9 aromatic carbocycles. The van der Waals surface area contributed by atoms with E-state index in [2.05, 4.69) is 273 Å². The average molecular weight is 1280 g/mol. The Morgan fingerprint density at radius 2 is 0.269 bits per heavy atom. The third-order valence-electron chi connectivity index (χ3n) is 9.13. The van der Waals surface area contributed by atoms with Gasteiger partial charge in [0.05, 0.1) is 0 Å². The smallest absolute Gasteiger partial charge is 0 e. The summed E-state index contributed by atoms with van der Waals surface area (Å²) in [5.74, 6) is 0. The molecule has 0 N–H and O–H groups in total. The predicted octanol–water partition coefficient (Wildman–Crippen LogP) is -2.58. The monoisotopic (exact) mass is 1270 g/mol. The van der Waals surface area contributed by atoms with Crippen LogP contribution in [-0.4, -0.2) is 0 Å². The molecule has 0 amide bonds. The Morgan fingerprint density at radius 3 is 0.343 bits per heavy atom. The molecule has 0 spiro atoms. The van der Waals surface area contributed by atoms with E-state index >= 15 is 0 Å². The van der Waals surface area contributed by atoms with Gasteiger partial charge < -0.3 is 62.0 Å². The molecule has 355 valence electrons. The Morgan fingerprint density at radius 1 is 0.194 bits per heavy atom. The fraction of sp³-hybridized carbons (Fsp3) is 0. The molecule has 0 aromatic heterocycles. The van der Waals surface area contributed by atoms with E-state index < -0.39 is 36.7 Å². The molecular formula is C54H45Cl8P3Rh2-5. The van der Waals surface area contributed by atoms with Gasteiger partial charge in [-0.25, -0.2) is 0 Å². The fourth-order valence-electron chi connectivity index (χ4n) is 6.54. The van der Waals surface area contributed by atoms with Gasteiger partial charge in [-0.2, -0.15) is 0 Å². The van der Waals surface area contributed by atoms with Gasteiger partial charge in [0.1, 0.15) is 0 Å². The molecule has 67 heavy (non-hydrogen) atoms. The molecule has 0 unspecified atom stereocenters. The van der Waals surface area contributed by atoms with Crippen molar-refractivity contribution in [1.82, 2.24) is 0 Å². The fourth-order valence-corrected chi connectivity index (χ4v) is 13.5. The van der Waals surface area contributed by atoms with Gasteiger partial charge >= 0.3 is 42.1 Å². The third kappa shape index (κ3) is 21.8. The molecule has 13 heteroatoms. The van der Waals surface area contributed by atoms with E-state index in [1.54, 1.807) is 0 Å². The first-order valence-corrected chi connectivity index (χ1v) is 29.9. The first-order chi connectivity index (χ1) is 30.1. The molecule has 0 heterocycles. The summed E-state index contributed by atoms with van der Waals surface area (Å²) in [4.78, 5) is 0. The average Bonchev–Trinajstić information content (AvgIpc) is 3.33. The summed E-state index contributed by atoms with van der Waals surface area (Å²) in [6.45, 7) is 0. The van der Waals surface area contributed by atoms with Crippen LogP contribution >= 0.6 is 52.8 Å². The predicted molar refractivity (Wildman–Crippen MR) is 273 cm³/mol. The van der Waals surface area contributed by atoms with Crippen molar-refractivity contribution in [1.29, 1.82) is 0 Å². The van der Waals surface area contributed by atoms with Crippen molar-refractivity contribution >= 4 is 101 Å². The summed E-state index contributed by atoms with van der Waals surface area (Å²) in [6.07, 6.45) is 0. The molecule has 0 saturated heterocycles. The van der Waals surface area contributed by atoms with Crippen molar-refractivity contribution in [3.05, 3.63) is 273 Å². The second-order valence-corrected chi connectivity index (χ2v) is 27.3. The zero-order valence-electron chi connectivity index (χ0n) is 35.5. The maximum absolute atomic E-state index is 4.94. The van der Waals surface area contributed by atoms with Crippen molar-refractivity contribution in [2.24, 2.45) is 0 Å². The quantitative estimate of drug-likeness (QED) is 0.110. The van der Waals surface area contributed by atoms with Crippen molar-refractivity contribution in [3.8, 4) is 0 Å². The molecular weight excluding hydrogens is 1230 g/mol. The van der Waals surface area contributed by atoms with Gasteiger partial charge in [0.15, 0.2) is 0 Å². The Hall–Kier alpha value is -2.16. The van der Waals surface area contributed by atoms with E-state index in [-0.39, 0.29) is 81.5 Å². The summed E-state index contributed by atoms with van der Waals surface area (Å²) >= 11 is -1.66. The minimum Gasteiger partial charge on any atom is -0.0622 e. The summed E-state index contributed by atoms with van der Waals surface area (Å²) in [7, 11) is 13.5. The molecule has 0 fully saturated rings. The van der Waals surface area contributed by atoms with Crippen molar-refractivity contribution in [2.75, 3.05) is 0 Å². The zero-order chi connectivity index (χ0) is 42.3. The van der Waals surface area contributed by atoms with Crippen LogP contribution < -0.4 is 110 Å². The summed E-state index contributed by atoms with van der Waals surface area (Å²) in [6, 6.07) is 97.0. The second kappa shape index (κ2) is 37.6. The van der Waals surface area contributed by atoms with E-state index in [9.17, 15) is 0 Å². The van der Waals surface area contributed by atoms with Crippen LogP contribution in [0.3, 0.4) is 0 Å². The minimum atomic E-state index is -1.66. The maximum Gasteiger partial charge on any atom is 0 e. The molecule has 0 nitrogen and oxygen atoms in total. The van der Waals surface area contributed by atoms with E-state index in [1.165, 1.54) is 47.7 Å². The van der Waals surface area contributed by atoms with Crippen LogP contribution in [0.25, 0.3) is 0 Å². The molecule has 0 bridgehead atoms. The van der Waals surface area contributed by atoms with Crippen LogP contribution in [0.2, 0.25) is 0 Å². The summed E-state index contributed by atoms with van der Waals surface area (Å²) < 4.78 is 0. The number of hydrogen-bond acceptors (Lipinski definition) is 0.